The van der Waals surface area contributed by atoms with Gasteiger partial charge < -0.3 is 8.83 Å². The normalized spacial score (nSPS) is 12.7. The van der Waals surface area contributed by atoms with Crippen molar-refractivity contribution in [2.45, 2.75) is 53.4 Å². The van der Waals surface area contributed by atoms with Crippen molar-refractivity contribution in [2.24, 2.45) is 5.92 Å². The molecule has 35 heavy (non-hydrogen) atoms. The first-order valence-electron chi connectivity index (χ1n) is 12.3. The Morgan fingerprint density at radius 1 is 0.886 bits per heavy atom. The van der Waals surface area contributed by atoms with Crippen LogP contribution in [0.2, 0.25) is 0 Å². The maximum absolute atomic E-state index is 6.40. The lowest BCUT2D eigenvalue weighted by Gasteiger charge is -2.22. The quantitative estimate of drug-likeness (QED) is 0.264. The summed E-state index contributed by atoms with van der Waals surface area (Å²) in [4.78, 5) is 9.30. The summed E-state index contributed by atoms with van der Waals surface area (Å²) in [5.41, 5.74) is 6.71. The van der Waals surface area contributed by atoms with Crippen LogP contribution >= 0.6 is 0 Å². The van der Waals surface area contributed by atoms with E-state index in [2.05, 4.69) is 95.1 Å². The summed E-state index contributed by atoms with van der Waals surface area (Å²) in [6, 6.07) is 17.2. The lowest BCUT2D eigenvalue weighted by Crippen LogP contribution is -2.12. The van der Waals surface area contributed by atoms with Crippen LogP contribution in [0, 0.1) is 12.8 Å². The molecule has 3 aromatic carbocycles. The van der Waals surface area contributed by atoms with Crippen LogP contribution in [0.25, 0.3) is 55.1 Å². The number of aryl methyl sites for hydroxylation is 1. The molecule has 0 unspecified atom stereocenters. The fourth-order valence-electron chi connectivity index (χ4n) is 5.29. The van der Waals surface area contributed by atoms with Crippen LogP contribution in [0.3, 0.4) is 0 Å². The predicted molar refractivity (Wildman–Crippen MR) is 144 cm³/mol. The molecule has 0 saturated carbocycles. The SMILES string of the molecule is Cc1c(CC(C)C)oc2ccc3c(oc4ncnc(-c5cc(C(C)(C)C)c6ccccc6c5)c43)c12. The van der Waals surface area contributed by atoms with Gasteiger partial charge in [-0.15, -0.1) is 0 Å². The van der Waals surface area contributed by atoms with Gasteiger partial charge in [0.1, 0.15) is 23.3 Å². The Labute approximate surface area is 205 Å². The molecule has 6 aromatic rings. The van der Waals surface area contributed by atoms with Crippen molar-refractivity contribution in [3.63, 3.8) is 0 Å². The molecule has 6 rings (SSSR count). The second kappa shape index (κ2) is 7.67. The Morgan fingerprint density at radius 2 is 1.69 bits per heavy atom. The third-order valence-corrected chi connectivity index (χ3v) is 6.96. The zero-order valence-electron chi connectivity index (χ0n) is 21.2. The van der Waals surface area contributed by atoms with Crippen LogP contribution in [0.5, 0.6) is 0 Å². The molecule has 0 aliphatic rings. The van der Waals surface area contributed by atoms with E-state index in [4.69, 9.17) is 13.8 Å². The average molecular weight is 463 g/mol. The van der Waals surface area contributed by atoms with Crippen molar-refractivity contribution in [3.8, 4) is 11.3 Å². The molecule has 4 heteroatoms. The van der Waals surface area contributed by atoms with Crippen LogP contribution in [0.4, 0.5) is 0 Å². The number of nitrogens with zero attached hydrogens (tertiary/aromatic N) is 2. The third-order valence-electron chi connectivity index (χ3n) is 6.96. The van der Waals surface area contributed by atoms with Gasteiger partial charge in [0, 0.05) is 22.9 Å². The zero-order chi connectivity index (χ0) is 24.5. The third kappa shape index (κ3) is 3.43. The van der Waals surface area contributed by atoms with E-state index in [1.807, 2.05) is 0 Å². The Morgan fingerprint density at radius 3 is 2.46 bits per heavy atom. The summed E-state index contributed by atoms with van der Waals surface area (Å²) in [5.74, 6) is 1.54. The smallest absolute Gasteiger partial charge is 0.231 e. The summed E-state index contributed by atoms with van der Waals surface area (Å²) in [6.45, 7) is 13.3. The molecule has 0 atom stereocenters. The molecule has 0 N–H and O–H groups in total. The Hall–Kier alpha value is -3.66. The largest absolute Gasteiger partial charge is 0.461 e. The highest BCUT2D eigenvalue weighted by molar-refractivity contribution is 6.18. The molecule has 0 aliphatic heterocycles. The van der Waals surface area contributed by atoms with E-state index < -0.39 is 0 Å². The number of rotatable bonds is 3. The van der Waals surface area contributed by atoms with Gasteiger partial charge in [-0.3, -0.25) is 0 Å². The van der Waals surface area contributed by atoms with E-state index in [-0.39, 0.29) is 5.41 Å². The highest BCUT2D eigenvalue weighted by Crippen LogP contribution is 2.42. The molecule has 0 spiro atoms. The molecule has 3 aromatic heterocycles. The van der Waals surface area contributed by atoms with Crippen LogP contribution in [0.15, 0.2) is 63.7 Å². The van der Waals surface area contributed by atoms with Gasteiger partial charge in [-0.1, -0.05) is 58.9 Å². The minimum Gasteiger partial charge on any atom is -0.461 e. The Balaban J connectivity index is 1.66. The fraction of sp³-hybridized carbons (Fsp3) is 0.290. The first-order chi connectivity index (χ1) is 16.7. The molecule has 0 amide bonds. The second-order valence-corrected chi connectivity index (χ2v) is 11.1. The maximum Gasteiger partial charge on any atom is 0.231 e. The minimum absolute atomic E-state index is 0.00684. The number of hydrogen-bond donors (Lipinski definition) is 0. The maximum atomic E-state index is 6.40. The van der Waals surface area contributed by atoms with Gasteiger partial charge in [-0.05, 0) is 58.9 Å². The molecular weight excluding hydrogens is 432 g/mol. The molecule has 4 nitrogen and oxygen atoms in total. The van der Waals surface area contributed by atoms with Gasteiger partial charge in [-0.2, -0.15) is 0 Å². The van der Waals surface area contributed by atoms with Gasteiger partial charge in [0.15, 0.2) is 0 Å². The van der Waals surface area contributed by atoms with E-state index in [1.54, 1.807) is 6.33 Å². The van der Waals surface area contributed by atoms with Crippen LogP contribution in [-0.4, -0.2) is 9.97 Å². The van der Waals surface area contributed by atoms with Crippen molar-refractivity contribution in [1.29, 1.82) is 0 Å². The Bertz CT molecular complexity index is 1750. The van der Waals surface area contributed by atoms with Gasteiger partial charge in [-0.25, -0.2) is 9.97 Å². The van der Waals surface area contributed by atoms with Crippen molar-refractivity contribution in [1.82, 2.24) is 9.97 Å². The van der Waals surface area contributed by atoms with Gasteiger partial charge >= 0.3 is 0 Å². The first-order valence-corrected chi connectivity index (χ1v) is 12.3. The molecule has 0 saturated heterocycles. The van der Waals surface area contributed by atoms with Crippen molar-refractivity contribution in [3.05, 3.63) is 71.7 Å². The predicted octanol–water partition coefficient (Wildman–Crippen LogP) is 8.75. The van der Waals surface area contributed by atoms with E-state index in [1.165, 1.54) is 16.3 Å². The first kappa shape index (κ1) is 21.8. The molecule has 0 fully saturated rings. The van der Waals surface area contributed by atoms with Crippen molar-refractivity contribution < 1.29 is 8.83 Å². The second-order valence-electron chi connectivity index (χ2n) is 11.1. The van der Waals surface area contributed by atoms with E-state index in [9.17, 15) is 0 Å². The number of benzene rings is 3. The standard InChI is InChI=1S/C31H30N2O2/c1-17(2)13-25-18(3)26-24(34-25)12-11-22-27-28(32-16-33-30(27)35-29(22)26)20-14-19-9-7-8-10-21(19)23(15-20)31(4,5)6/h7-12,14-17H,13H2,1-6H3. The van der Waals surface area contributed by atoms with Gasteiger partial charge in [0.25, 0.3) is 0 Å². The lowest BCUT2D eigenvalue weighted by atomic mass is 9.82. The molecule has 0 bridgehead atoms. The number of aromatic nitrogens is 2. The van der Waals surface area contributed by atoms with E-state index in [0.717, 1.165) is 56.3 Å². The zero-order valence-corrected chi connectivity index (χ0v) is 21.2. The molecule has 3 heterocycles. The Kier molecular flexibility index (Phi) is 4.79. The summed E-state index contributed by atoms with van der Waals surface area (Å²) >= 11 is 0. The van der Waals surface area contributed by atoms with E-state index >= 15 is 0 Å². The number of furan rings is 2. The molecule has 0 radical (unpaired) electrons. The topological polar surface area (TPSA) is 52.1 Å². The average Bonchev–Trinajstić information content (AvgIpc) is 3.34. The lowest BCUT2D eigenvalue weighted by molar-refractivity contribution is 0.496. The van der Waals surface area contributed by atoms with Crippen LogP contribution in [0.1, 0.15) is 51.5 Å². The van der Waals surface area contributed by atoms with Crippen LogP contribution < -0.4 is 0 Å². The summed E-state index contributed by atoms with van der Waals surface area (Å²) in [6.07, 6.45) is 2.51. The summed E-state index contributed by atoms with van der Waals surface area (Å²) in [7, 11) is 0. The molecular formula is C31H30N2O2. The summed E-state index contributed by atoms with van der Waals surface area (Å²) in [5, 5.41) is 5.50. The summed E-state index contributed by atoms with van der Waals surface area (Å²) < 4.78 is 12.6. The monoisotopic (exact) mass is 462 g/mol. The highest BCUT2D eigenvalue weighted by Gasteiger charge is 2.23. The van der Waals surface area contributed by atoms with Crippen molar-refractivity contribution in [2.75, 3.05) is 0 Å². The number of hydrogen-bond acceptors (Lipinski definition) is 4. The van der Waals surface area contributed by atoms with Gasteiger partial charge in [0.05, 0.1) is 16.5 Å². The molecule has 0 aliphatic carbocycles. The van der Waals surface area contributed by atoms with Gasteiger partial charge in [0.2, 0.25) is 5.71 Å². The van der Waals surface area contributed by atoms with E-state index in [0.29, 0.717) is 11.6 Å². The highest BCUT2D eigenvalue weighted by atomic mass is 16.4. The molecule has 176 valence electrons. The minimum atomic E-state index is -0.00684. The fourth-order valence-corrected chi connectivity index (χ4v) is 5.29. The number of fused-ring (bicyclic) bond motifs is 6. The van der Waals surface area contributed by atoms with Crippen molar-refractivity contribution >= 4 is 43.8 Å². The van der Waals surface area contributed by atoms with Crippen LogP contribution in [-0.2, 0) is 11.8 Å².